The average molecular weight is 288 g/mol. The Labute approximate surface area is 130 Å². The van der Waals surface area contributed by atoms with E-state index >= 15 is 0 Å². The zero-order valence-electron chi connectivity index (χ0n) is 12.2. The van der Waals surface area contributed by atoms with E-state index in [1.807, 2.05) is 48.6 Å². The van der Waals surface area contributed by atoms with Crippen molar-refractivity contribution >= 4 is 11.5 Å². The molecule has 0 saturated carbocycles. The Hall–Kier alpha value is -2.83. The van der Waals surface area contributed by atoms with Crippen LogP contribution in [0.3, 0.4) is 0 Å². The second kappa shape index (κ2) is 6.75. The fourth-order valence-corrected chi connectivity index (χ4v) is 2.35. The number of hydrogen-bond donors (Lipinski definition) is 0. The molecule has 2 aromatic rings. The third kappa shape index (κ3) is 3.43. The molecule has 1 heterocycles. The van der Waals surface area contributed by atoms with E-state index in [0.29, 0.717) is 18.6 Å². The summed E-state index contributed by atoms with van der Waals surface area (Å²) < 4.78 is 5.10. The summed E-state index contributed by atoms with van der Waals surface area (Å²) >= 11 is 0. The van der Waals surface area contributed by atoms with Crippen LogP contribution in [0.25, 0.3) is 5.57 Å². The number of esters is 1. The third-order valence-electron chi connectivity index (χ3n) is 3.44. The van der Waals surface area contributed by atoms with Crippen LogP contribution in [0.15, 0.2) is 84.3 Å². The highest BCUT2D eigenvalue weighted by molar-refractivity contribution is 5.79. The van der Waals surface area contributed by atoms with Gasteiger partial charge in [-0.15, -0.1) is 5.73 Å². The molecule has 0 amide bonds. The molecule has 0 radical (unpaired) electrons. The van der Waals surface area contributed by atoms with Gasteiger partial charge in [-0.3, -0.25) is 4.79 Å². The van der Waals surface area contributed by atoms with Crippen LogP contribution < -0.4 is 0 Å². The monoisotopic (exact) mass is 288 g/mol. The first-order valence-corrected chi connectivity index (χ1v) is 7.30. The molecule has 1 aliphatic heterocycles. The van der Waals surface area contributed by atoms with Gasteiger partial charge in [0.25, 0.3) is 0 Å². The molecule has 0 unspecified atom stereocenters. The minimum atomic E-state index is -0.157. The van der Waals surface area contributed by atoms with Gasteiger partial charge in [0.1, 0.15) is 5.76 Å². The van der Waals surface area contributed by atoms with E-state index in [-0.39, 0.29) is 5.97 Å². The standard InChI is InChI=1S/C20H16O2/c21-20-15-14-18(22-20)12-7-13-19(16-8-3-1-4-9-16)17-10-5-2-6-11-17/h1-12H,14-15H2/b18-12+. The highest BCUT2D eigenvalue weighted by Crippen LogP contribution is 2.22. The number of ether oxygens (including phenoxy) is 1. The van der Waals surface area contributed by atoms with Crippen LogP contribution in [0.5, 0.6) is 0 Å². The van der Waals surface area contributed by atoms with Crippen molar-refractivity contribution in [2.45, 2.75) is 12.8 Å². The second-order valence-electron chi connectivity index (χ2n) is 5.03. The normalized spacial score (nSPS) is 15.3. The van der Waals surface area contributed by atoms with Gasteiger partial charge in [-0.2, -0.15) is 0 Å². The molecule has 1 fully saturated rings. The molecule has 2 aromatic carbocycles. The number of carbonyl (C=O) groups is 1. The predicted octanol–water partition coefficient (Wildman–Crippen LogP) is 4.49. The molecule has 0 N–H and O–H groups in total. The predicted molar refractivity (Wildman–Crippen MR) is 86.9 cm³/mol. The fourth-order valence-electron chi connectivity index (χ4n) is 2.35. The lowest BCUT2D eigenvalue weighted by Gasteiger charge is -2.05. The number of hydrogen-bond acceptors (Lipinski definition) is 2. The van der Waals surface area contributed by atoms with E-state index in [2.05, 4.69) is 30.0 Å². The first-order valence-electron chi connectivity index (χ1n) is 7.30. The molecule has 22 heavy (non-hydrogen) atoms. The largest absolute Gasteiger partial charge is 0.431 e. The van der Waals surface area contributed by atoms with Crippen molar-refractivity contribution in [3.8, 4) is 0 Å². The van der Waals surface area contributed by atoms with Gasteiger partial charge in [0.2, 0.25) is 0 Å². The number of benzene rings is 2. The molecule has 108 valence electrons. The topological polar surface area (TPSA) is 26.3 Å². The lowest BCUT2D eigenvalue weighted by Crippen LogP contribution is -1.88. The van der Waals surface area contributed by atoms with Crippen molar-refractivity contribution < 1.29 is 9.53 Å². The summed E-state index contributed by atoms with van der Waals surface area (Å²) in [7, 11) is 0. The van der Waals surface area contributed by atoms with Gasteiger partial charge in [-0.1, -0.05) is 60.7 Å². The summed E-state index contributed by atoms with van der Waals surface area (Å²) in [5, 5.41) is 0. The van der Waals surface area contributed by atoms with Crippen molar-refractivity contribution in [3.05, 3.63) is 95.4 Å². The van der Waals surface area contributed by atoms with Crippen LogP contribution in [0, 0.1) is 0 Å². The van der Waals surface area contributed by atoms with Gasteiger partial charge in [0, 0.05) is 12.0 Å². The Bertz CT molecular complexity index is 707. The van der Waals surface area contributed by atoms with E-state index in [1.165, 1.54) is 0 Å². The summed E-state index contributed by atoms with van der Waals surface area (Å²) in [4.78, 5) is 11.1. The van der Waals surface area contributed by atoms with E-state index in [9.17, 15) is 4.79 Å². The van der Waals surface area contributed by atoms with E-state index in [4.69, 9.17) is 4.74 Å². The minimum absolute atomic E-state index is 0.157. The van der Waals surface area contributed by atoms with Crippen molar-refractivity contribution in [2.75, 3.05) is 0 Å². The first kappa shape index (κ1) is 14.1. The molecule has 0 atom stereocenters. The molecule has 0 bridgehead atoms. The van der Waals surface area contributed by atoms with Crippen molar-refractivity contribution in [1.82, 2.24) is 0 Å². The van der Waals surface area contributed by atoms with Gasteiger partial charge in [0.15, 0.2) is 0 Å². The third-order valence-corrected chi connectivity index (χ3v) is 3.44. The van der Waals surface area contributed by atoms with Crippen LogP contribution >= 0.6 is 0 Å². The zero-order valence-corrected chi connectivity index (χ0v) is 12.2. The smallest absolute Gasteiger partial charge is 0.311 e. The fraction of sp³-hybridized carbons (Fsp3) is 0.100. The van der Waals surface area contributed by atoms with Crippen LogP contribution in [0.1, 0.15) is 24.0 Å². The van der Waals surface area contributed by atoms with Gasteiger partial charge < -0.3 is 4.74 Å². The van der Waals surface area contributed by atoms with Crippen molar-refractivity contribution in [3.63, 3.8) is 0 Å². The van der Waals surface area contributed by atoms with Gasteiger partial charge in [0.05, 0.1) is 6.42 Å². The maximum Gasteiger partial charge on any atom is 0.311 e. The van der Waals surface area contributed by atoms with Crippen molar-refractivity contribution in [1.29, 1.82) is 0 Å². The summed E-state index contributed by atoms with van der Waals surface area (Å²) in [5.74, 6) is 0.549. The number of cyclic esters (lactones) is 1. The Morgan fingerprint density at radius 2 is 1.50 bits per heavy atom. The lowest BCUT2D eigenvalue weighted by molar-refractivity contribution is -0.135. The van der Waals surface area contributed by atoms with Crippen LogP contribution in [-0.4, -0.2) is 5.97 Å². The summed E-state index contributed by atoms with van der Waals surface area (Å²) in [6, 6.07) is 20.3. The highest BCUT2D eigenvalue weighted by Gasteiger charge is 2.15. The minimum Gasteiger partial charge on any atom is -0.431 e. The number of rotatable bonds is 3. The molecular formula is C20H16O2. The maximum absolute atomic E-state index is 11.1. The Morgan fingerprint density at radius 3 is 2.00 bits per heavy atom. The van der Waals surface area contributed by atoms with Crippen molar-refractivity contribution in [2.24, 2.45) is 0 Å². The second-order valence-corrected chi connectivity index (χ2v) is 5.03. The first-order chi connectivity index (χ1) is 10.8. The molecule has 1 aliphatic rings. The van der Waals surface area contributed by atoms with Crippen LogP contribution in [0.4, 0.5) is 0 Å². The lowest BCUT2D eigenvalue weighted by atomic mass is 9.99. The van der Waals surface area contributed by atoms with Crippen LogP contribution in [0.2, 0.25) is 0 Å². The molecule has 2 nitrogen and oxygen atoms in total. The molecule has 0 spiro atoms. The summed E-state index contributed by atoms with van der Waals surface area (Å²) in [5.41, 5.74) is 6.54. The zero-order chi connectivity index (χ0) is 15.2. The molecular weight excluding hydrogens is 272 g/mol. The molecule has 1 saturated heterocycles. The van der Waals surface area contributed by atoms with Gasteiger partial charge >= 0.3 is 5.97 Å². The molecule has 0 aromatic heterocycles. The summed E-state index contributed by atoms with van der Waals surface area (Å²) in [6.07, 6.45) is 4.77. The van der Waals surface area contributed by atoms with Gasteiger partial charge in [-0.05, 0) is 23.3 Å². The van der Waals surface area contributed by atoms with Gasteiger partial charge in [-0.25, -0.2) is 0 Å². The molecule has 3 rings (SSSR count). The molecule has 0 aliphatic carbocycles. The Balaban J connectivity index is 1.99. The van der Waals surface area contributed by atoms with Crippen LogP contribution in [-0.2, 0) is 9.53 Å². The Morgan fingerprint density at radius 1 is 0.909 bits per heavy atom. The average Bonchev–Trinajstić information content (AvgIpc) is 2.99. The Kier molecular flexibility index (Phi) is 4.33. The van der Waals surface area contributed by atoms with E-state index in [1.54, 1.807) is 0 Å². The quantitative estimate of drug-likeness (QED) is 0.614. The number of carbonyl (C=O) groups excluding carboxylic acids is 1. The highest BCUT2D eigenvalue weighted by atomic mass is 16.5. The van der Waals surface area contributed by atoms with E-state index in [0.717, 1.165) is 16.7 Å². The maximum atomic E-state index is 11.1. The van der Waals surface area contributed by atoms with E-state index < -0.39 is 0 Å². The molecule has 2 heteroatoms. The SMILES string of the molecule is O=C1CC/C(=C\C=C=C(c2ccccc2)c2ccccc2)O1. The number of allylic oxidation sites excluding steroid dienone is 3. The summed E-state index contributed by atoms with van der Waals surface area (Å²) in [6.45, 7) is 0.